The standard InChI is InChI=1S/C7H6Cl2N2OS/c1-4(8)2-10-7(12)5-6(9)11-3-13-5/h3H,1-2H2,(H,10,12). The molecule has 1 aromatic rings. The van der Waals surface area contributed by atoms with Crippen molar-refractivity contribution in [2.24, 2.45) is 0 Å². The van der Waals surface area contributed by atoms with Crippen LogP contribution in [-0.4, -0.2) is 17.4 Å². The second-order valence-corrected chi connectivity index (χ2v) is 3.92. The lowest BCUT2D eigenvalue weighted by atomic mass is 10.5. The van der Waals surface area contributed by atoms with Crippen LogP contribution in [0.5, 0.6) is 0 Å². The fraction of sp³-hybridized carbons (Fsp3) is 0.143. The van der Waals surface area contributed by atoms with Crippen LogP contribution in [0.15, 0.2) is 17.1 Å². The zero-order valence-electron chi connectivity index (χ0n) is 6.51. The third-order valence-corrected chi connectivity index (χ3v) is 2.53. The lowest BCUT2D eigenvalue weighted by Gasteiger charge is -2.00. The Balaban J connectivity index is 2.59. The van der Waals surface area contributed by atoms with Gasteiger partial charge in [-0.25, -0.2) is 4.98 Å². The van der Waals surface area contributed by atoms with Gasteiger partial charge in [-0.15, -0.1) is 11.3 Å². The summed E-state index contributed by atoms with van der Waals surface area (Å²) in [6.45, 7) is 3.67. The van der Waals surface area contributed by atoms with Crippen LogP contribution in [-0.2, 0) is 0 Å². The molecule has 0 saturated heterocycles. The van der Waals surface area contributed by atoms with E-state index in [9.17, 15) is 4.79 Å². The molecule has 0 aliphatic carbocycles. The number of amides is 1. The number of carbonyl (C=O) groups is 1. The second-order valence-electron chi connectivity index (χ2n) is 2.17. The van der Waals surface area contributed by atoms with Gasteiger partial charge in [0.2, 0.25) is 0 Å². The highest BCUT2D eigenvalue weighted by atomic mass is 35.5. The molecule has 0 aromatic carbocycles. The van der Waals surface area contributed by atoms with Crippen molar-refractivity contribution in [1.29, 1.82) is 0 Å². The van der Waals surface area contributed by atoms with Crippen LogP contribution in [0.2, 0.25) is 5.15 Å². The molecule has 0 saturated carbocycles. The Morgan fingerprint density at radius 1 is 1.77 bits per heavy atom. The van der Waals surface area contributed by atoms with E-state index < -0.39 is 0 Å². The number of thiazole rings is 1. The van der Waals surface area contributed by atoms with E-state index in [0.29, 0.717) is 9.91 Å². The highest BCUT2D eigenvalue weighted by Gasteiger charge is 2.12. The molecule has 3 nitrogen and oxygen atoms in total. The van der Waals surface area contributed by atoms with E-state index >= 15 is 0 Å². The fourth-order valence-corrected chi connectivity index (χ4v) is 1.62. The summed E-state index contributed by atoms with van der Waals surface area (Å²) in [5, 5.41) is 3.12. The molecule has 1 heterocycles. The smallest absolute Gasteiger partial charge is 0.264 e. The minimum Gasteiger partial charge on any atom is -0.346 e. The zero-order valence-corrected chi connectivity index (χ0v) is 8.84. The zero-order chi connectivity index (χ0) is 9.84. The van der Waals surface area contributed by atoms with Gasteiger partial charge in [0, 0.05) is 5.03 Å². The largest absolute Gasteiger partial charge is 0.346 e. The summed E-state index contributed by atoms with van der Waals surface area (Å²) in [5.41, 5.74) is 1.51. The van der Waals surface area contributed by atoms with Crippen LogP contribution < -0.4 is 5.32 Å². The molecule has 0 bridgehead atoms. The monoisotopic (exact) mass is 236 g/mol. The number of carbonyl (C=O) groups excluding carboxylic acids is 1. The first-order chi connectivity index (χ1) is 6.11. The first kappa shape index (κ1) is 10.5. The normalized spacial score (nSPS) is 9.69. The SMILES string of the molecule is C=C(Cl)CNC(=O)c1scnc1Cl. The quantitative estimate of drug-likeness (QED) is 0.876. The number of hydrogen-bond donors (Lipinski definition) is 1. The van der Waals surface area contributed by atoms with Gasteiger partial charge in [0.1, 0.15) is 4.88 Å². The van der Waals surface area contributed by atoms with Crippen molar-refractivity contribution in [2.75, 3.05) is 6.54 Å². The molecule has 1 amide bonds. The summed E-state index contributed by atoms with van der Waals surface area (Å²) in [4.78, 5) is 15.4. The number of nitrogens with zero attached hydrogens (tertiary/aromatic N) is 1. The molecule has 1 rings (SSSR count). The molecule has 0 spiro atoms. The third-order valence-electron chi connectivity index (χ3n) is 1.17. The molecular formula is C7H6Cl2N2OS. The van der Waals surface area contributed by atoms with Crippen molar-refractivity contribution in [3.05, 3.63) is 27.2 Å². The van der Waals surface area contributed by atoms with E-state index in [-0.39, 0.29) is 17.6 Å². The van der Waals surface area contributed by atoms with Crippen LogP contribution >= 0.6 is 34.5 Å². The van der Waals surface area contributed by atoms with E-state index in [1.54, 1.807) is 0 Å². The summed E-state index contributed by atoms with van der Waals surface area (Å²) in [6, 6.07) is 0. The molecule has 70 valence electrons. The van der Waals surface area contributed by atoms with Crippen molar-refractivity contribution >= 4 is 40.4 Å². The summed E-state index contributed by atoms with van der Waals surface area (Å²) < 4.78 is 0. The van der Waals surface area contributed by atoms with Crippen LogP contribution in [0.25, 0.3) is 0 Å². The van der Waals surface area contributed by atoms with Crippen molar-refractivity contribution in [3.8, 4) is 0 Å². The van der Waals surface area contributed by atoms with E-state index in [4.69, 9.17) is 23.2 Å². The average molecular weight is 237 g/mol. The van der Waals surface area contributed by atoms with Gasteiger partial charge >= 0.3 is 0 Å². The molecule has 0 fully saturated rings. The Bertz CT molecular complexity index is 337. The van der Waals surface area contributed by atoms with Gasteiger partial charge in [0.15, 0.2) is 5.15 Å². The predicted octanol–water partition coefficient (Wildman–Crippen LogP) is 2.28. The Morgan fingerprint density at radius 3 is 2.92 bits per heavy atom. The first-order valence-corrected chi connectivity index (χ1v) is 4.95. The maximum absolute atomic E-state index is 11.3. The third kappa shape index (κ3) is 2.99. The molecule has 0 radical (unpaired) electrons. The Kier molecular flexibility index (Phi) is 3.71. The van der Waals surface area contributed by atoms with Gasteiger partial charge in [0.25, 0.3) is 5.91 Å². The number of nitrogens with one attached hydrogen (secondary N) is 1. The molecule has 13 heavy (non-hydrogen) atoms. The predicted molar refractivity (Wildman–Crippen MR) is 54.5 cm³/mol. The highest BCUT2D eigenvalue weighted by Crippen LogP contribution is 2.17. The van der Waals surface area contributed by atoms with Crippen LogP contribution in [0.4, 0.5) is 0 Å². The van der Waals surface area contributed by atoms with Gasteiger partial charge in [-0.05, 0) is 0 Å². The minimum atomic E-state index is -0.283. The maximum Gasteiger partial charge on any atom is 0.264 e. The van der Waals surface area contributed by atoms with Gasteiger partial charge in [-0.2, -0.15) is 0 Å². The molecule has 0 unspecified atom stereocenters. The molecule has 1 aromatic heterocycles. The number of rotatable bonds is 3. The molecule has 0 aliphatic rings. The maximum atomic E-state index is 11.3. The first-order valence-electron chi connectivity index (χ1n) is 3.31. The average Bonchev–Trinajstić information content (AvgIpc) is 2.47. The summed E-state index contributed by atoms with van der Waals surface area (Å²) in [7, 11) is 0. The molecule has 0 aliphatic heterocycles. The van der Waals surface area contributed by atoms with Gasteiger partial charge in [-0.3, -0.25) is 4.79 Å². The van der Waals surface area contributed by atoms with Crippen molar-refractivity contribution in [2.45, 2.75) is 0 Å². The van der Waals surface area contributed by atoms with Gasteiger partial charge in [0.05, 0.1) is 12.1 Å². The molecule has 6 heteroatoms. The lowest BCUT2D eigenvalue weighted by Crippen LogP contribution is -2.23. The Hall–Kier alpha value is -0.580. The lowest BCUT2D eigenvalue weighted by molar-refractivity contribution is 0.0961. The van der Waals surface area contributed by atoms with Gasteiger partial charge in [-0.1, -0.05) is 29.8 Å². The Morgan fingerprint density at radius 2 is 2.46 bits per heavy atom. The van der Waals surface area contributed by atoms with Crippen molar-refractivity contribution in [1.82, 2.24) is 10.3 Å². The van der Waals surface area contributed by atoms with Gasteiger partial charge < -0.3 is 5.32 Å². The van der Waals surface area contributed by atoms with E-state index in [1.807, 2.05) is 0 Å². The van der Waals surface area contributed by atoms with Crippen LogP contribution in [0, 0.1) is 0 Å². The summed E-state index contributed by atoms with van der Waals surface area (Å²) in [6.07, 6.45) is 0. The van der Waals surface area contributed by atoms with Crippen molar-refractivity contribution in [3.63, 3.8) is 0 Å². The number of halogens is 2. The van der Waals surface area contributed by atoms with Crippen molar-refractivity contribution < 1.29 is 4.79 Å². The van der Waals surface area contributed by atoms with Crippen LogP contribution in [0.3, 0.4) is 0 Å². The second kappa shape index (κ2) is 4.60. The minimum absolute atomic E-state index is 0.211. The van der Waals surface area contributed by atoms with E-state index in [2.05, 4.69) is 16.9 Å². The fourth-order valence-electron chi connectivity index (χ4n) is 0.636. The topological polar surface area (TPSA) is 42.0 Å². The van der Waals surface area contributed by atoms with E-state index in [1.165, 1.54) is 16.8 Å². The van der Waals surface area contributed by atoms with E-state index in [0.717, 1.165) is 0 Å². The molecule has 1 N–H and O–H groups in total. The van der Waals surface area contributed by atoms with Crippen LogP contribution in [0.1, 0.15) is 9.67 Å². The number of aromatic nitrogens is 1. The number of hydrogen-bond acceptors (Lipinski definition) is 3. The molecular weight excluding hydrogens is 231 g/mol. The Labute approximate surface area is 89.4 Å². The molecule has 0 atom stereocenters. The highest BCUT2D eigenvalue weighted by molar-refractivity contribution is 7.12. The summed E-state index contributed by atoms with van der Waals surface area (Å²) >= 11 is 12.3. The summed E-state index contributed by atoms with van der Waals surface area (Å²) in [5.74, 6) is -0.283.